The maximum atomic E-state index is 12.3. The number of esters is 1. The quantitative estimate of drug-likeness (QED) is 0.367. The molecule has 2 heterocycles. The van der Waals surface area contributed by atoms with E-state index in [1.165, 1.54) is 28.8 Å². The standard InChI is InChI=1S/C16H19NO7S/c1-3-6-22-15(20)12-11(9-18)25-14-10(13(19)17(12)14)5-8-24-16(21)23-7-4-2/h3-4,10,14,18H,1-2,5-9H2/t10-,14+/m0/s1. The largest absolute Gasteiger partial charge is 0.508 e. The molecule has 2 aliphatic heterocycles. The minimum atomic E-state index is -0.828. The number of thioether (sulfide) groups is 1. The van der Waals surface area contributed by atoms with Crippen LogP contribution < -0.4 is 0 Å². The fourth-order valence-electron chi connectivity index (χ4n) is 2.46. The lowest BCUT2D eigenvalue weighted by Gasteiger charge is -2.42. The number of aliphatic hydroxyl groups is 1. The van der Waals surface area contributed by atoms with Gasteiger partial charge in [-0.25, -0.2) is 9.59 Å². The zero-order chi connectivity index (χ0) is 18.4. The molecular weight excluding hydrogens is 350 g/mol. The van der Waals surface area contributed by atoms with Crippen molar-refractivity contribution in [3.05, 3.63) is 35.9 Å². The number of aliphatic hydroxyl groups excluding tert-OH is 1. The minimum absolute atomic E-state index is 0.0159. The van der Waals surface area contributed by atoms with Gasteiger partial charge in [0.05, 0.1) is 24.5 Å². The third kappa shape index (κ3) is 4.05. The van der Waals surface area contributed by atoms with Crippen molar-refractivity contribution in [3.63, 3.8) is 0 Å². The van der Waals surface area contributed by atoms with Crippen LogP contribution in [0, 0.1) is 5.92 Å². The first-order chi connectivity index (χ1) is 12.0. The average Bonchev–Trinajstić information content (AvgIpc) is 2.96. The Hall–Kier alpha value is -2.26. The Morgan fingerprint density at radius 2 is 1.88 bits per heavy atom. The highest BCUT2D eigenvalue weighted by atomic mass is 32.2. The number of hydrogen-bond donors (Lipinski definition) is 1. The lowest BCUT2D eigenvalue weighted by atomic mass is 9.94. The highest BCUT2D eigenvalue weighted by molar-refractivity contribution is 8.04. The van der Waals surface area contributed by atoms with Gasteiger partial charge >= 0.3 is 12.1 Å². The predicted molar refractivity (Wildman–Crippen MR) is 89.1 cm³/mol. The molecule has 2 aliphatic rings. The molecule has 0 aromatic heterocycles. The van der Waals surface area contributed by atoms with Gasteiger partial charge in [0.1, 0.15) is 18.9 Å². The molecule has 8 nitrogen and oxygen atoms in total. The third-order valence-corrected chi connectivity index (χ3v) is 4.95. The molecule has 0 aromatic rings. The van der Waals surface area contributed by atoms with Gasteiger partial charge in [-0.05, 0) is 6.42 Å². The molecule has 0 radical (unpaired) electrons. The van der Waals surface area contributed by atoms with E-state index in [1.54, 1.807) is 0 Å². The molecule has 0 saturated carbocycles. The van der Waals surface area contributed by atoms with Crippen molar-refractivity contribution in [3.8, 4) is 0 Å². The second kappa shape index (κ2) is 8.72. The summed E-state index contributed by atoms with van der Waals surface area (Å²) in [6, 6.07) is 0. The Balaban J connectivity index is 1.90. The first-order valence-corrected chi connectivity index (χ1v) is 8.45. The van der Waals surface area contributed by atoms with E-state index in [-0.39, 0.29) is 43.4 Å². The smallest absolute Gasteiger partial charge is 0.457 e. The number of β-lactam (4-membered cyclic amide) rings is 1. The van der Waals surface area contributed by atoms with E-state index in [9.17, 15) is 19.5 Å². The van der Waals surface area contributed by atoms with Crippen molar-refractivity contribution in [1.82, 2.24) is 4.90 Å². The summed E-state index contributed by atoms with van der Waals surface area (Å²) in [6.45, 7) is 6.59. The van der Waals surface area contributed by atoms with Gasteiger partial charge in [0.15, 0.2) is 0 Å². The lowest BCUT2D eigenvalue weighted by Crippen LogP contribution is -2.57. The van der Waals surface area contributed by atoms with E-state index in [0.717, 1.165) is 0 Å². The molecule has 9 heteroatoms. The van der Waals surface area contributed by atoms with Gasteiger partial charge in [0.2, 0.25) is 5.91 Å². The van der Waals surface area contributed by atoms with Gasteiger partial charge in [-0.2, -0.15) is 0 Å². The van der Waals surface area contributed by atoms with Gasteiger partial charge in [0.25, 0.3) is 0 Å². The molecular formula is C16H19NO7S. The summed E-state index contributed by atoms with van der Waals surface area (Å²) >= 11 is 1.24. The van der Waals surface area contributed by atoms with Crippen molar-refractivity contribution in [2.45, 2.75) is 11.8 Å². The number of rotatable bonds is 9. The monoisotopic (exact) mass is 369 g/mol. The molecule has 1 fully saturated rings. The molecule has 0 aliphatic carbocycles. The zero-order valence-electron chi connectivity index (χ0n) is 13.5. The van der Waals surface area contributed by atoms with Crippen LogP contribution in [0.2, 0.25) is 0 Å². The molecule has 1 saturated heterocycles. The number of nitrogens with zero attached hydrogens (tertiary/aromatic N) is 1. The summed E-state index contributed by atoms with van der Waals surface area (Å²) in [7, 11) is 0. The average molecular weight is 369 g/mol. The molecule has 25 heavy (non-hydrogen) atoms. The first-order valence-electron chi connectivity index (χ1n) is 7.57. The number of amides is 1. The maximum Gasteiger partial charge on any atom is 0.508 e. The summed E-state index contributed by atoms with van der Waals surface area (Å²) < 4.78 is 14.5. The highest BCUT2D eigenvalue weighted by Gasteiger charge is 2.55. The first kappa shape index (κ1) is 19.1. The molecule has 1 N–H and O–H groups in total. The second-order valence-corrected chi connectivity index (χ2v) is 6.34. The van der Waals surface area contributed by atoms with E-state index in [2.05, 4.69) is 17.9 Å². The van der Waals surface area contributed by atoms with Gasteiger partial charge in [-0.15, -0.1) is 0 Å². The summed E-state index contributed by atoms with van der Waals surface area (Å²) in [5, 5.41) is 9.13. The molecule has 0 bridgehead atoms. The predicted octanol–water partition coefficient (Wildman–Crippen LogP) is 1.18. The number of fused-ring (bicyclic) bond motifs is 1. The maximum absolute atomic E-state index is 12.3. The van der Waals surface area contributed by atoms with Crippen molar-refractivity contribution in [1.29, 1.82) is 0 Å². The van der Waals surface area contributed by atoms with Crippen molar-refractivity contribution >= 4 is 29.8 Å². The molecule has 0 unspecified atom stereocenters. The van der Waals surface area contributed by atoms with Crippen molar-refractivity contribution < 1.29 is 33.7 Å². The van der Waals surface area contributed by atoms with Gasteiger partial charge in [-0.1, -0.05) is 37.1 Å². The van der Waals surface area contributed by atoms with Crippen LogP contribution in [-0.4, -0.2) is 59.8 Å². The summed E-state index contributed by atoms with van der Waals surface area (Å²) in [4.78, 5) is 37.4. The van der Waals surface area contributed by atoms with Crippen molar-refractivity contribution in [2.75, 3.05) is 26.4 Å². The number of ether oxygens (including phenoxy) is 3. The summed E-state index contributed by atoms with van der Waals surface area (Å²) in [5.41, 5.74) is 0.0758. The summed E-state index contributed by atoms with van der Waals surface area (Å²) in [5.74, 6) is -1.35. The topological polar surface area (TPSA) is 102 Å². The Kier molecular flexibility index (Phi) is 6.65. The Bertz CT molecular complexity index is 616. The summed E-state index contributed by atoms with van der Waals surface area (Å²) in [6.07, 6.45) is 2.30. The van der Waals surface area contributed by atoms with E-state index in [4.69, 9.17) is 9.47 Å². The second-order valence-electron chi connectivity index (χ2n) is 5.13. The SMILES string of the molecule is C=CCOC(=O)OCC[C@H]1C(=O)N2C(C(=O)OCC=C)=C(CO)S[C@H]12. The van der Waals surface area contributed by atoms with E-state index < -0.39 is 18.0 Å². The van der Waals surface area contributed by atoms with Crippen molar-refractivity contribution in [2.24, 2.45) is 5.92 Å². The van der Waals surface area contributed by atoms with Crippen LogP contribution >= 0.6 is 11.8 Å². The molecule has 2 atom stereocenters. The van der Waals surface area contributed by atoms with Gasteiger partial charge < -0.3 is 19.3 Å². The fourth-order valence-corrected chi connectivity index (χ4v) is 3.85. The highest BCUT2D eigenvalue weighted by Crippen LogP contribution is 2.50. The van der Waals surface area contributed by atoms with Gasteiger partial charge in [-0.3, -0.25) is 9.69 Å². The van der Waals surface area contributed by atoms with Crippen LogP contribution in [0.4, 0.5) is 4.79 Å². The third-order valence-electron chi connectivity index (χ3n) is 3.56. The normalized spacial score (nSPS) is 21.3. The minimum Gasteiger partial charge on any atom is -0.457 e. The van der Waals surface area contributed by atoms with Crippen LogP contribution in [0.1, 0.15) is 6.42 Å². The molecule has 1 amide bonds. The van der Waals surface area contributed by atoms with E-state index in [1.807, 2.05) is 0 Å². The van der Waals surface area contributed by atoms with Crippen LogP contribution in [0.15, 0.2) is 35.9 Å². The van der Waals surface area contributed by atoms with Crippen LogP contribution in [0.5, 0.6) is 0 Å². The molecule has 136 valence electrons. The number of carbonyl (C=O) groups is 3. The zero-order valence-corrected chi connectivity index (χ0v) is 14.3. The number of hydrogen-bond acceptors (Lipinski definition) is 8. The lowest BCUT2D eigenvalue weighted by molar-refractivity contribution is -0.154. The fraction of sp³-hybridized carbons (Fsp3) is 0.438. The Morgan fingerprint density at radius 1 is 1.20 bits per heavy atom. The van der Waals surface area contributed by atoms with Gasteiger partial charge in [0, 0.05) is 4.91 Å². The van der Waals surface area contributed by atoms with E-state index >= 15 is 0 Å². The Labute approximate surface area is 149 Å². The number of carbonyl (C=O) groups excluding carboxylic acids is 3. The van der Waals surface area contributed by atoms with E-state index in [0.29, 0.717) is 11.3 Å². The molecule has 2 rings (SSSR count). The molecule has 0 spiro atoms. The van der Waals surface area contributed by atoms with Crippen LogP contribution in [-0.2, 0) is 23.8 Å². The van der Waals surface area contributed by atoms with Crippen LogP contribution in [0.25, 0.3) is 0 Å². The Morgan fingerprint density at radius 3 is 2.52 bits per heavy atom. The van der Waals surface area contributed by atoms with Crippen LogP contribution in [0.3, 0.4) is 0 Å². The molecule has 0 aromatic carbocycles.